The van der Waals surface area contributed by atoms with Gasteiger partial charge in [-0.1, -0.05) is 22.0 Å². The number of nitrogens with one attached hydrogen (secondary N) is 1. The monoisotopic (exact) mass is 346 g/mol. The van der Waals surface area contributed by atoms with Crippen molar-refractivity contribution in [3.8, 4) is 5.75 Å². The van der Waals surface area contributed by atoms with Crippen LogP contribution in [-0.2, 0) is 0 Å². The molecule has 20 heavy (non-hydrogen) atoms. The third-order valence-electron chi connectivity index (χ3n) is 2.36. The lowest BCUT2D eigenvalue weighted by Gasteiger charge is -2.12. The van der Waals surface area contributed by atoms with E-state index in [-0.39, 0.29) is 5.75 Å². The first-order chi connectivity index (χ1) is 9.33. The highest BCUT2D eigenvalue weighted by atomic mass is 79.9. The van der Waals surface area contributed by atoms with Gasteiger partial charge in [0.1, 0.15) is 5.75 Å². The summed E-state index contributed by atoms with van der Waals surface area (Å²) in [6.07, 6.45) is -4.71. The zero-order valence-electron chi connectivity index (χ0n) is 10.0. The molecule has 2 rings (SSSR count). The number of hydrogen-bond acceptors (Lipinski definition) is 3. The van der Waals surface area contributed by atoms with E-state index in [0.717, 1.165) is 4.47 Å². The molecule has 0 aliphatic carbocycles. The molecular formula is C13H10BrF3N2O. The second kappa shape index (κ2) is 5.62. The minimum Gasteiger partial charge on any atom is -0.406 e. The highest BCUT2D eigenvalue weighted by Crippen LogP contribution is 2.29. The van der Waals surface area contributed by atoms with E-state index in [0.29, 0.717) is 17.1 Å². The van der Waals surface area contributed by atoms with Crippen molar-refractivity contribution in [2.24, 2.45) is 0 Å². The molecule has 2 aromatic rings. The van der Waals surface area contributed by atoms with Crippen LogP contribution in [0.5, 0.6) is 5.75 Å². The Morgan fingerprint density at radius 2 is 1.85 bits per heavy atom. The number of anilines is 3. The van der Waals surface area contributed by atoms with E-state index >= 15 is 0 Å². The molecule has 0 aliphatic heterocycles. The fraction of sp³-hybridized carbons (Fsp3) is 0.0769. The van der Waals surface area contributed by atoms with Crippen LogP contribution in [0.25, 0.3) is 0 Å². The Morgan fingerprint density at radius 3 is 2.55 bits per heavy atom. The minimum absolute atomic E-state index is 0.295. The maximum atomic E-state index is 12.1. The highest BCUT2D eigenvalue weighted by molar-refractivity contribution is 9.10. The minimum atomic E-state index is -4.71. The smallest absolute Gasteiger partial charge is 0.406 e. The topological polar surface area (TPSA) is 47.3 Å². The fourth-order valence-electron chi connectivity index (χ4n) is 1.56. The van der Waals surface area contributed by atoms with Crippen molar-refractivity contribution >= 4 is 33.0 Å². The molecular weight excluding hydrogens is 337 g/mol. The Labute approximate surface area is 121 Å². The molecule has 0 fully saturated rings. The first-order valence-electron chi connectivity index (χ1n) is 5.51. The molecule has 0 aliphatic rings. The van der Waals surface area contributed by atoms with Crippen molar-refractivity contribution in [2.75, 3.05) is 11.1 Å². The Kier molecular flexibility index (Phi) is 4.08. The summed E-state index contributed by atoms with van der Waals surface area (Å²) in [5.41, 5.74) is 7.29. The summed E-state index contributed by atoms with van der Waals surface area (Å²) in [6.45, 7) is 0. The van der Waals surface area contributed by atoms with Crippen molar-refractivity contribution in [3.63, 3.8) is 0 Å². The highest BCUT2D eigenvalue weighted by Gasteiger charge is 2.31. The number of benzene rings is 2. The first-order valence-corrected chi connectivity index (χ1v) is 6.31. The number of hydrogen-bond donors (Lipinski definition) is 2. The molecule has 0 saturated carbocycles. The molecule has 0 saturated heterocycles. The maximum Gasteiger partial charge on any atom is 0.573 e. The summed E-state index contributed by atoms with van der Waals surface area (Å²) >= 11 is 3.29. The SMILES string of the molecule is Nc1ccc(Br)cc1Nc1cccc(OC(F)(F)F)c1. The molecule has 0 bridgehead atoms. The van der Waals surface area contributed by atoms with Gasteiger partial charge in [0.15, 0.2) is 0 Å². The number of nitrogens with two attached hydrogens (primary N) is 1. The number of alkyl halides is 3. The Morgan fingerprint density at radius 1 is 1.10 bits per heavy atom. The van der Waals surface area contributed by atoms with E-state index in [1.54, 1.807) is 24.3 Å². The van der Waals surface area contributed by atoms with Crippen LogP contribution in [0.4, 0.5) is 30.2 Å². The first kappa shape index (κ1) is 14.5. The average molecular weight is 347 g/mol. The predicted octanol–water partition coefficient (Wildman–Crippen LogP) is 4.67. The Bertz CT molecular complexity index is 617. The van der Waals surface area contributed by atoms with Gasteiger partial charge in [0, 0.05) is 16.2 Å². The molecule has 106 valence electrons. The van der Waals surface area contributed by atoms with Crippen molar-refractivity contribution in [1.29, 1.82) is 0 Å². The van der Waals surface area contributed by atoms with E-state index in [9.17, 15) is 13.2 Å². The van der Waals surface area contributed by atoms with E-state index in [1.165, 1.54) is 18.2 Å². The third kappa shape index (κ3) is 4.06. The largest absolute Gasteiger partial charge is 0.573 e. The van der Waals surface area contributed by atoms with Gasteiger partial charge in [0.25, 0.3) is 0 Å². The van der Waals surface area contributed by atoms with Crippen LogP contribution in [0.15, 0.2) is 46.9 Å². The van der Waals surface area contributed by atoms with E-state index in [2.05, 4.69) is 26.0 Å². The summed E-state index contributed by atoms with van der Waals surface area (Å²) in [5.74, 6) is -0.295. The van der Waals surface area contributed by atoms with E-state index < -0.39 is 6.36 Å². The third-order valence-corrected chi connectivity index (χ3v) is 2.86. The molecule has 0 amide bonds. The van der Waals surface area contributed by atoms with Crippen molar-refractivity contribution < 1.29 is 17.9 Å². The van der Waals surface area contributed by atoms with Gasteiger partial charge in [-0.2, -0.15) is 0 Å². The van der Waals surface area contributed by atoms with Gasteiger partial charge >= 0.3 is 6.36 Å². The summed E-state index contributed by atoms with van der Waals surface area (Å²) in [4.78, 5) is 0. The molecule has 3 nitrogen and oxygen atoms in total. The van der Waals surface area contributed by atoms with E-state index in [1.807, 2.05) is 0 Å². The van der Waals surface area contributed by atoms with E-state index in [4.69, 9.17) is 5.73 Å². The Hall–Kier alpha value is -1.89. The van der Waals surface area contributed by atoms with Crippen LogP contribution in [-0.4, -0.2) is 6.36 Å². The second-order valence-electron chi connectivity index (χ2n) is 3.93. The number of halogens is 4. The number of nitrogen functional groups attached to an aromatic ring is 1. The zero-order valence-corrected chi connectivity index (χ0v) is 11.6. The van der Waals surface area contributed by atoms with Crippen LogP contribution in [0.3, 0.4) is 0 Å². The summed E-state index contributed by atoms with van der Waals surface area (Å²) in [5, 5.41) is 2.94. The van der Waals surface area contributed by atoms with Gasteiger partial charge in [0.05, 0.1) is 11.4 Å². The fourth-order valence-corrected chi connectivity index (χ4v) is 1.92. The van der Waals surface area contributed by atoms with Gasteiger partial charge in [0.2, 0.25) is 0 Å². The number of rotatable bonds is 3. The Balaban J connectivity index is 2.21. The lowest BCUT2D eigenvalue weighted by atomic mass is 10.2. The molecule has 2 aromatic carbocycles. The summed E-state index contributed by atoms with van der Waals surface area (Å²) in [7, 11) is 0. The zero-order chi connectivity index (χ0) is 14.8. The maximum absolute atomic E-state index is 12.1. The van der Waals surface area contributed by atoms with Crippen molar-refractivity contribution in [1.82, 2.24) is 0 Å². The molecule has 0 atom stereocenters. The van der Waals surface area contributed by atoms with Gasteiger partial charge < -0.3 is 15.8 Å². The van der Waals surface area contributed by atoms with Crippen molar-refractivity contribution in [2.45, 2.75) is 6.36 Å². The van der Waals surface area contributed by atoms with Crippen LogP contribution in [0.1, 0.15) is 0 Å². The molecule has 0 heterocycles. The van der Waals surface area contributed by atoms with Gasteiger partial charge in [-0.15, -0.1) is 13.2 Å². The summed E-state index contributed by atoms with van der Waals surface area (Å²) < 4.78 is 41.1. The van der Waals surface area contributed by atoms with Gasteiger partial charge in [-0.3, -0.25) is 0 Å². The predicted molar refractivity (Wildman–Crippen MR) is 75.0 cm³/mol. The second-order valence-corrected chi connectivity index (χ2v) is 4.85. The van der Waals surface area contributed by atoms with Gasteiger partial charge in [-0.25, -0.2) is 0 Å². The standard InChI is InChI=1S/C13H10BrF3N2O/c14-8-4-5-11(18)12(6-8)19-9-2-1-3-10(7-9)20-13(15,16)17/h1-7,19H,18H2. The molecule has 0 spiro atoms. The normalized spacial score (nSPS) is 11.2. The lowest BCUT2D eigenvalue weighted by molar-refractivity contribution is -0.274. The van der Waals surface area contributed by atoms with Crippen LogP contribution >= 0.6 is 15.9 Å². The molecule has 0 radical (unpaired) electrons. The van der Waals surface area contributed by atoms with Crippen LogP contribution in [0, 0.1) is 0 Å². The quantitative estimate of drug-likeness (QED) is 0.793. The average Bonchev–Trinajstić information content (AvgIpc) is 2.32. The van der Waals surface area contributed by atoms with Crippen molar-refractivity contribution in [3.05, 3.63) is 46.9 Å². The van der Waals surface area contributed by atoms with Gasteiger partial charge in [-0.05, 0) is 30.3 Å². The van der Waals surface area contributed by atoms with Crippen LogP contribution < -0.4 is 15.8 Å². The summed E-state index contributed by atoms with van der Waals surface area (Å²) in [6, 6.07) is 10.7. The molecule has 0 aromatic heterocycles. The molecule has 3 N–H and O–H groups in total. The lowest BCUT2D eigenvalue weighted by Crippen LogP contribution is -2.17. The number of ether oxygens (including phenoxy) is 1. The molecule has 7 heteroatoms. The molecule has 0 unspecified atom stereocenters. The van der Waals surface area contributed by atoms with Crippen LogP contribution in [0.2, 0.25) is 0 Å².